The van der Waals surface area contributed by atoms with Gasteiger partial charge in [0.15, 0.2) is 6.61 Å². The number of ether oxygens (including phenoxy) is 1. The van der Waals surface area contributed by atoms with Crippen molar-refractivity contribution < 1.29 is 23.4 Å². The second kappa shape index (κ2) is 6.80. The lowest BCUT2D eigenvalue weighted by atomic mass is 9.96. The monoisotopic (exact) mass is 300 g/mol. The second-order valence-electron chi connectivity index (χ2n) is 5.15. The molecule has 1 fully saturated rings. The van der Waals surface area contributed by atoms with E-state index in [4.69, 9.17) is 4.74 Å². The second-order valence-corrected chi connectivity index (χ2v) is 5.15. The van der Waals surface area contributed by atoms with Crippen LogP contribution in [0.3, 0.4) is 0 Å². The first-order valence-electron chi connectivity index (χ1n) is 6.82. The van der Waals surface area contributed by atoms with Gasteiger partial charge in [-0.3, -0.25) is 4.79 Å². The summed E-state index contributed by atoms with van der Waals surface area (Å²) < 4.78 is 29.0. The summed E-state index contributed by atoms with van der Waals surface area (Å²) in [7, 11) is 0. The van der Waals surface area contributed by atoms with Crippen molar-refractivity contribution in [2.75, 3.05) is 19.7 Å². The van der Waals surface area contributed by atoms with Crippen LogP contribution in [0.25, 0.3) is 0 Å². The van der Waals surface area contributed by atoms with Crippen LogP contribution in [0.15, 0.2) is 18.2 Å². The van der Waals surface area contributed by atoms with Crippen molar-refractivity contribution in [1.82, 2.24) is 9.88 Å². The summed E-state index contributed by atoms with van der Waals surface area (Å²) in [6, 6.07) is 4.46. The van der Waals surface area contributed by atoms with E-state index in [9.17, 15) is 18.7 Å². The Labute approximate surface area is 121 Å². The van der Waals surface area contributed by atoms with Gasteiger partial charge in [0.25, 0.3) is 12.3 Å². The number of halogens is 2. The zero-order valence-electron chi connectivity index (χ0n) is 11.7. The maximum Gasteiger partial charge on any atom is 0.272 e. The topological polar surface area (TPSA) is 62.7 Å². The van der Waals surface area contributed by atoms with E-state index in [2.05, 4.69) is 4.98 Å². The van der Waals surface area contributed by atoms with E-state index in [1.807, 2.05) is 6.92 Å². The van der Waals surface area contributed by atoms with Gasteiger partial charge in [-0.15, -0.1) is 0 Å². The number of hydrogen-bond donors (Lipinski definition) is 1. The van der Waals surface area contributed by atoms with Gasteiger partial charge >= 0.3 is 0 Å². The number of aromatic nitrogens is 1. The Bertz CT molecular complexity index is 499. The Morgan fingerprint density at radius 1 is 1.57 bits per heavy atom. The van der Waals surface area contributed by atoms with Gasteiger partial charge in [-0.1, -0.05) is 13.0 Å². The van der Waals surface area contributed by atoms with E-state index in [0.29, 0.717) is 13.0 Å². The lowest BCUT2D eigenvalue weighted by molar-refractivity contribution is 0.0244. The number of pyridine rings is 1. The fourth-order valence-electron chi connectivity index (χ4n) is 2.16. The molecule has 0 radical (unpaired) electrons. The van der Waals surface area contributed by atoms with Crippen LogP contribution in [0.5, 0.6) is 5.88 Å². The molecular weight excluding hydrogens is 282 g/mol. The molecule has 1 aromatic heterocycles. The molecule has 0 aromatic carbocycles. The van der Waals surface area contributed by atoms with Crippen LogP contribution < -0.4 is 4.74 Å². The summed E-state index contributed by atoms with van der Waals surface area (Å²) in [4.78, 5) is 17.7. The maximum absolute atomic E-state index is 12.3. The average molecular weight is 300 g/mol. The zero-order chi connectivity index (χ0) is 15.4. The fraction of sp³-hybridized carbons (Fsp3) is 0.571. The van der Waals surface area contributed by atoms with Crippen molar-refractivity contribution in [1.29, 1.82) is 0 Å². The number of aliphatic hydroxyl groups excluding tert-OH is 1. The summed E-state index contributed by atoms with van der Waals surface area (Å²) in [5, 5.41) is 9.82. The molecule has 1 N–H and O–H groups in total. The van der Waals surface area contributed by atoms with Gasteiger partial charge in [-0.25, -0.2) is 13.8 Å². The first-order chi connectivity index (χ1) is 9.97. The number of carbonyl (C=O) groups excluding carboxylic acids is 1. The highest BCUT2D eigenvalue weighted by molar-refractivity contribution is 5.92. The number of carbonyl (C=O) groups is 1. The maximum atomic E-state index is 12.3. The van der Waals surface area contributed by atoms with E-state index in [1.54, 1.807) is 0 Å². The molecule has 1 aliphatic heterocycles. The van der Waals surface area contributed by atoms with E-state index in [1.165, 1.54) is 23.1 Å². The summed E-state index contributed by atoms with van der Waals surface area (Å²) in [5.41, 5.74) is 0.128. The van der Waals surface area contributed by atoms with Crippen LogP contribution in [-0.2, 0) is 0 Å². The molecule has 2 atom stereocenters. The van der Waals surface area contributed by atoms with Crippen molar-refractivity contribution in [3.05, 3.63) is 23.9 Å². The van der Waals surface area contributed by atoms with Crippen molar-refractivity contribution in [3.8, 4) is 5.88 Å². The normalized spacial score (nSPS) is 22.4. The number of nitrogens with zero attached hydrogens (tertiary/aromatic N) is 2. The van der Waals surface area contributed by atoms with Gasteiger partial charge in [0.05, 0.1) is 6.10 Å². The van der Waals surface area contributed by atoms with Crippen molar-refractivity contribution in [3.63, 3.8) is 0 Å². The molecule has 21 heavy (non-hydrogen) atoms. The minimum absolute atomic E-state index is 0.00734. The minimum Gasteiger partial charge on any atom is -0.472 e. The Balaban J connectivity index is 2.03. The first kappa shape index (κ1) is 15.6. The molecule has 0 bridgehead atoms. The van der Waals surface area contributed by atoms with Crippen LogP contribution in [0.4, 0.5) is 8.78 Å². The van der Waals surface area contributed by atoms with Gasteiger partial charge in [-0.05, 0) is 18.4 Å². The first-order valence-corrected chi connectivity index (χ1v) is 6.82. The highest BCUT2D eigenvalue weighted by atomic mass is 19.3. The van der Waals surface area contributed by atoms with Gasteiger partial charge < -0.3 is 14.7 Å². The molecule has 5 nitrogen and oxygen atoms in total. The lowest BCUT2D eigenvalue weighted by Crippen LogP contribution is -2.46. The molecule has 0 spiro atoms. The molecule has 1 aromatic rings. The Kier molecular flexibility index (Phi) is 5.06. The fourth-order valence-corrected chi connectivity index (χ4v) is 2.16. The van der Waals surface area contributed by atoms with Crippen molar-refractivity contribution >= 4 is 5.91 Å². The third-order valence-electron chi connectivity index (χ3n) is 3.51. The van der Waals surface area contributed by atoms with E-state index in [-0.39, 0.29) is 29.9 Å². The molecule has 0 aliphatic carbocycles. The number of β-amino-alcohol motifs (C(OH)–C–C–N with tert-alkyl or cyclic N) is 1. The molecule has 1 saturated heterocycles. The largest absolute Gasteiger partial charge is 0.472 e. The lowest BCUT2D eigenvalue weighted by Gasteiger charge is -2.34. The minimum atomic E-state index is -2.59. The molecule has 2 unspecified atom stereocenters. The molecule has 1 aliphatic rings. The van der Waals surface area contributed by atoms with Crippen LogP contribution in [0.2, 0.25) is 0 Å². The van der Waals surface area contributed by atoms with Crippen LogP contribution >= 0.6 is 0 Å². The molecule has 2 rings (SSSR count). The van der Waals surface area contributed by atoms with E-state index >= 15 is 0 Å². The molecule has 2 heterocycles. The summed E-state index contributed by atoms with van der Waals surface area (Å²) >= 11 is 0. The zero-order valence-corrected chi connectivity index (χ0v) is 11.7. The number of likely N-dealkylation sites (tertiary alicyclic amines) is 1. The number of amides is 1. The number of hydrogen-bond acceptors (Lipinski definition) is 4. The van der Waals surface area contributed by atoms with Crippen LogP contribution in [0, 0.1) is 5.92 Å². The van der Waals surface area contributed by atoms with Crippen LogP contribution in [0.1, 0.15) is 23.8 Å². The predicted molar refractivity (Wildman–Crippen MR) is 71.4 cm³/mol. The van der Waals surface area contributed by atoms with E-state index < -0.39 is 19.1 Å². The molecule has 116 valence electrons. The third-order valence-corrected chi connectivity index (χ3v) is 3.51. The van der Waals surface area contributed by atoms with Crippen LogP contribution in [-0.4, -0.2) is 53.1 Å². The van der Waals surface area contributed by atoms with Crippen molar-refractivity contribution in [2.45, 2.75) is 25.9 Å². The number of piperidine rings is 1. The third kappa shape index (κ3) is 4.10. The van der Waals surface area contributed by atoms with Gasteiger partial charge in [0, 0.05) is 19.2 Å². The molecule has 7 heteroatoms. The Morgan fingerprint density at radius 3 is 3.00 bits per heavy atom. The number of aliphatic hydroxyl groups is 1. The standard InChI is InChI=1S/C14H18F2N2O3/c1-9-5-6-18(7-11(9)19)14(20)10-3-2-4-13(17-10)21-8-12(15)16/h2-4,9,11-12,19H,5-8H2,1H3. The Hall–Kier alpha value is -1.76. The molecular formula is C14H18F2N2O3. The highest BCUT2D eigenvalue weighted by Crippen LogP contribution is 2.19. The van der Waals surface area contributed by atoms with Crippen molar-refractivity contribution in [2.24, 2.45) is 5.92 Å². The summed E-state index contributed by atoms with van der Waals surface area (Å²) in [5.74, 6) is -0.182. The Morgan fingerprint density at radius 2 is 2.33 bits per heavy atom. The molecule has 1 amide bonds. The summed E-state index contributed by atoms with van der Waals surface area (Å²) in [6.45, 7) is 1.97. The van der Waals surface area contributed by atoms with Gasteiger partial charge in [0.2, 0.25) is 5.88 Å². The molecule has 0 saturated carbocycles. The van der Waals surface area contributed by atoms with Gasteiger partial charge in [0.1, 0.15) is 5.69 Å². The number of rotatable bonds is 4. The highest BCUT2D eigenvalue weighted by Gasteiger charge is 2.28. The SMILES string of the molecule is CC1CCN(C(=O)c2cccc(OCC(F)F)n2)CC1O. The summed E-state index contributed by atoms with van der Waals surface area (Å²) in [6.07, 6.45) is -2.43. The quantitative estimate of drug-likeness (QED) is 0.917. The van der Waals surface area contributed by atoms with E-state index in [0.717, 1.165) is 0 Å². The van der Waals surface area contributed by atoms with Gasteiger partial charge in [-0.2, -0.15) is 0 Å². The average Bonchev–Trinajstić information content (AvgIpc) is 2.47. The number of alkyl halides is 2. The smallest absolute Gasteiger partial charge is 0.272 e. The predicted octanol–water partition coefficient (Wildman–Crippen LogP) is 1.57.